The van der Waals surface area contributed by atoms with Crippen LogP contribution in [0.5, 0.6) is 5.75 Å². The Labute approximate surface area is 101 Å². The summed E-state index contributed by atoms with van der Waals surface area (Å²) in [6.45, 7) is -0.599. The first-order chi connectivity index (χ1) is 7.91. The van der Waals surface area contributed by atoms with Crippen LogP contribution in [0.25, 0.3) is 0 Å². The number of halogens is 3. The quantitative estimate of drug-likeness (QED) is 0.771. The number of benzene rings is 1. The number of hydrogen-bond acceptors (Lipinski definition) is 3. The Morgan fingerprint density at radius 2 is 2.12 bits per heavy atom. The summed E-state index contributed by atoms with van der Waals surface area (Å²) < 4.78 is 23.9. The van der Waals surface area contributed by atoms with Gasteiger partial charge in [0.05, 0.1) is 5.56 Å². The smallest absolute Gasteiger partial charge is 0.265 e. The van der Waals surface area contributed by atoms with E-state index in [9.17, 15) is 18.7 Å². The van der Waals surface area contributed by atoms with Crippen molar-refractivity contribution in [3.63, 3.8) is 0 Å². The SMILES string of the molecule is O=C(NCC(O)C(F)F)c1ccc(Cl)cc1O. The van der Waals surface area contributed by atoms with Crippen molar-refractivity contribution in [1.82, 2.24) is 5.32 Å². The van der Waals surface area contributed by atoms with Crippen LogP contribution in [0.2, 0.25) is 5.02 Å². The van der Waals surface area contributed by atoms with Gasteiger partial charge in [-0.15, -0.1) is 0 Å². The van der Waals surface area contributed by atoms with Crippen molar-refractivity contribution >= 4 is 17.5 Å². The van der Waals surface area contributed by atoms with Gasteiger partial charge < -0.3 is 15.5 Å². The van der Waals surface area contributed by atoms with E-state index in [1.165, 1.54) is 12.1 Å². The third-order valence-electron chi connectivity index (χ3n) is 1.97. The topological polar surface area (TPSA) is 69.6 Å². The first-order valence-corrected chi connectivity index (χ1v) is 5.02. The third-order valence-corrected chi connectivity index (χ3v) is 2.20. The van der Waals surface area contributed by atoms with E-state index in [2.05, 4.69) is 5.32 Å². The molecule has 0 spiro atoms. The van der Waals surface area contributed by atoms with Gasteiger partial charge in [0.25, 0.3) is 12.3 Å². The number of aliphatic hydroxyl groups is 1. The molecule has 1 aromatic rings. The molecule has 1 atom stereocenters. The van der Waals surface area contributed by atoms with E-state index >= 15 is 0 Å². The molecule has 3 N–H and O–H groups in total. The van der Waals surface area contributed by atoms with Crippen LogP contribution >= 0.6 is 11.6 Å². The number of alkyl halides is 2. The molecule has 0 heterocycles. The average molecular weight is 266 g/mol. The molecule has 94 valence electrons. The first-order valence-electron chi connectivity index (χ1n) is 4.64. The summed E-state index contributed by atoms with van der Waals surface area (Å²) in [4.78, 5) is 11.4. The Bertz CT molecular complexity index is 415. The number of phenols is 1. The largest absolute Gasteiger partial charge is 0.507 e. The van der Waals surface area contributed by atoms with E-state index in [-0.39, 0.29) is 16.3 Å². The lowest BCUT2D eigenvalue weighted by atomic mass is 10.2. The maximum Gasteiger partial charge on any atom is 0.265 e. The predicted octanol–water partition coefficient (Wildman–Crippen LogP) is 1.40. The second kappa shape index (κ2) is 5.79. The molecule has 0 saturated heterocycles. The predicted molar refractivity (Wildman–Crippen MR) is 57.5 cm³/mol. The summed E-state index contributed by atoms with van der Waals surface area (Å²) in [5, 5.41) is 20.5. The fourth-order valence-corrected chi connectivity index (χ4v) is 1.24. The van der Waals surface area contributed by atoms with Gasteiger partial charge in [-0.3, -0.25) is 4.79 Å². The first kappa shape index (κ1) is 13.7. The highest BCUT2D eigenvalue weighted by molar-refractivity contribution is 6.30. The average Bonchev–Trinajstić information content (AvgIpc) is 2.25. The normalized spacial score (nSPS) is 12.5. The molecule has 0 aliphatic carbocycles. The number of aromatic hydroxyl groups is 1. The van der Waals surface area contributed by atoms with Crippen molar-refractivity contribution < 1.29 is 23.8 Å². The molecule has 1 amide bonds. The Morgan fingerprint density at radius 3 is 2.65 bits per heavy atom. The maximum absolute atomic E-state index is 11.9. The van der Waals surface area contributed by atoms with Crippen LogP contribution in [0, 0.1) is 0 Å². The molecule has 1 unspecified atom stereocenters. The second-order valence-electron chi connectivity index (χ2n) is 3.27. The lowest BCUT2D eigenvalue weighted by Gasteiger charge is -2.11. The molecule has 0 aromatic heterocycles. The Hall–Kier alpha value is -1.40. The van der Waals surface area contributed by atoms with Gasteiger partial charge in [-0.1, -0.05) is 11.6 Å². The van der Waals surface area contributed by atoms with Crippen molar-refractivity contribution in [3.8, 4) is 5.75 Å². The van der Waals surface area contributed by atoms with Gasteiger partial charge in [0.15, 0.2) is 0 Å². The van der Waals surface area contributed by atoms with Crippen molar-refractivity contribution in [2.24, 2.45) is 0 Å². The number of nitrogens with one attached hydrogen (secondary N) is 1. The van der Waals surface area contributed by atoms with Crippen LogP contribution in [-0.4, -0.2) is 35.2 Å². The number of carbonyl (C=O) groups is 1. The molecule has 0 fully saturated rings. The number of carbonyl (C=O) groups excluding carboxylic acids is 1. The minimum absolute atomic E-state index is 0.101. The van der Waals surface area contributed by atoms with Gasteiger partial charge in [-0.2, -0.15) is 0 Å². The van der Waals surface area contributed by atoms with Gasteiger partial charge in [-0.25, -0.2) is 8.78 Å². The number of phenolic OH excluding ortho intramolecular Hbond substituents is 1. The molecule has 1 aromatic carbocycles. The molecule has 0 aliphatic heterocycles. The number of amides is 1. The van der Waals surface area contributed by atoms with E-state index in [1.54, 1.807) is 0 Å². The number of hydrogen-bond donors (Lipinski definition) is 3. The molecule has 0 bridgehead atoms. The summed E-state index contributed by atoms with van der Waals surface area (Å²) in [7, 11) is 0. The molecule has 4 nitrogen and oxygen atoms in total. The Morgan fingerprint density at radius 1 is 1.47 bits per heavy atom. The monoisotopic (exact) mass is 265 g/mol. The van der Waals surface area contributed by atoms with Gasteiger partial charge in [0.2, 0.25) is 0 Å². The summed E-state index contributed by atoms with van der Waals surface area (Å²) in [6, 6.07) is 3.78. The Balaban J connectivity index is 2.64. The second-order valence-corrected chi connectivity index (χ2v) is 3.71. The molecule has 0 aliphatic rings. The van der Waals surface area contributed by atoms with Crippen LogP contribution in [0.4, 0.5) is 8.78 Å². The van der Waals surface area contributed by atoms with Crippen LogP contribution in [0.1, 0.15) is 10.4 Å². The zero-order chi connectivity index (χ0) is 13.0. The molecular formula is C10H10ClF2NO3. The van der Waals surface area contributed by atoms with E-state index in [0.29, 0.717) is 0 Å². The fraction of sp³-hybridized carbons (Fsp3) is 0.300. The highest BCUT2D eigenvalue weighted by Crippen LogP contribution is 2.21. The molecule has 1 rings (SSSR count). The number of rotatable bonds is 4. The van der Waals surface area contributed by atoms with E-state index in [4.69, 9.17) is 16.7 Å². The molecular weight excluding hydrogens is 256 g/mol. The maximum atomic E-state index is 11.9. The summed E-state index contributed by atoms with van der Waals surface area (Å²) in [5.41, 5.74) is -0.101. The molecule has 17 heavy (non-hydrogen) atoms. The zero-order valence-corrected chi connectivity index (χ0v) is 9.29. The fourth-order valence-electron chi connectivity index (χ4n) is 1.08. The highest BCUT2D eigenvalue weighted by Gasteiger charge is 2.18. The van der Waals surface area contributed by atoms with Crippen LogP contribution in [0.15, 0.2) is 18.2 Å². The van der Waals surface area contributed by atoms with Gasteiger partial charge in [0, 0.05) is 11.6 Å². The highest BCUT2D eigenvalue weighted by atomic mass is 35.5. The summed E-state index contributed by atoms with van der Waals surface area (Å²) in [6.07, 6.45) is -4.87. The van der Waals surface area contributed by atoms with E-state index < -0.39 is 25.0 Å². The lowest BCUT2D eigenvalue weighted by Crippen LogP contribution is -2.35. The van der Waals surface area contributed by atoms with Gasteiger partial charge in [-0.05, 0) is 18.2 Å². The minimum atomic E-state index is -2.94. The van der Waals surface area contributed by atoms with E-state index in [0.717, 1.165) is 6.07 Å². The van der Waals surface area contributed by atoms with Crippen molar-refractivity contribution in [2.45, 2.75) is 12.5 Å². The van der Waals surface area contributed by atoms with Crippen molar-refractivity contribution in [3.05, 3.63) is 28.8 Å². The minimum Gasteiger partial charge on any atom is -0.507 e. The standard InChI is InChI=1S/C10H10ClF2NO3/c11-5-1-2-6(7(15)3-5)10(17)14-4-8(16)9(12)13/h1-3,8-9,15-16H,4H2,(H,14,17). The zero-order valence-electron chi connectivity index (χ0n) is 8.53. The van der Waals surface area contributed by atoms with Gasteiger partial charge in [0.1, 0.15) is 11.9 Å². The Kier molecular flexibility index (Phi) is 4.65. The lowest BCUT2D eigenvalue weighted by molar-refractivity contribution is -0.00271. The van der Waals surface area contributed by atoms with E-state index in [1.807, 2.05) is 0 Å². The third kappa shape index (κ3) is 3.83. The van der Waals surface area contributed by atoms with Crippen molar-refractivity contribution in [1.29, 1.82) is 0 Å². The van der Waals surface area contributed by atoms with Crippen LogP contribution in [0.3, 0.4) is 0 Å². The molecule has 0 radical (unpaired) electrons. The van der Waals surface area contributed by atoms with Crippen molar-refractivity contribution in [2.75, 3.05) is 6.54 Å². The van der Waals surface area contributed by atoms with Crippen LogP contribution < -0.4 is 5.32 Å². The molecule has 7 heteroatoms. The van der Waals surface area contributed by atoms with Gasteiger partial charge >= 0.3 is 0 Å². The molecule has 0 saturated carbocycles. The summed E-state index contributed by atoms with van der Waals surface area (Å²) >= 11 is 5.56. The summed E-state index contributed by atoms with van der Waals surface area (Å²) in [5.74, 6) is -1.12. The van der Waals surface area contributed by atoms with Crippen LogP contribution in [-0.2, 0) is 0 Å². The number of aliphatic hydroxyl groups excluding tert-OH is 1.